The third-order valence-corrected chi connectivity index (χ3v) is 6.04. The molecule has 5 heteroatoms. The molecular weight excluding hydrogens is 334 g/mol. The quantitative estimate of drug-likeness (QED) is 0.868. The number of rotatable bonds is 4. The summed E-state index contributed by atoms with van der Waals surface area (Å²) < 4.78 is 0. The summed E-state index contributed by atoms with van der Waals surface area (Å²) in [5.74, 6) is 2.02. The lowest BCUT2D eigenvalue weighted by molar-refractivity contribution is 0.156. The van der Waals surface area contributed by atoms with Crippen molar-refractivity contribution in [2.24, 2.45) is 17.8 Å². The SMILES string of the molecule is CC(C)C1CCN(C(=O)NCC2CCN(c3ccc(Cl)cc3)C2)CC1. The average molecular weight is 364 g/mol. The Balaban J connectivity index is 1.41. The van der Waals surface area contributed by atoms with Crippen molar-refractivity contribution in [2.45, 2.75) is 33.1 Å². The first-order chi connectivity index (χ1) is 12.0. The molecule has 0 radical (unpaired) electrons. The van der Waals surface area contributed by atoms with Crippen LogP contribution in [0.2, 0.25) is 5.02 Å². The van der Waals surface area contributed by atoms with Crippen LogP contribution in [0.4, 0.5) is 10.5 Å². The number of nitrogens with one attached hydrogen (secondary N) is 1. The molecule has 25 heavy (non-hydrogen) atoms. The third-order valence-electron chi connectivity index (χ3n) is 5.79. The van der Waals surface area contributed by atoms with Crippen LogP contribution in [0.5, 0.6) is 0 Å². The van der Waals surface area contributed by atoms with E-state index in [1.54, 1.807) is 0 Å². The van der Waals surface area contributed by atoms with Gasteiger partial charge in [0.15, 0.2) is 0 Å². The Bertz CT molecular complexity index is 567. The fourth-order valence-electron chi connectivity index (χ4n) is 4.00. The molecule has 0 saturated carbocycles. The molecule has 0 spiro atoms. The number of hydrogen-bond acceptors (Lipinski definition) is 2. The van der Waals surface area contributed by atoms with Crippen LogP contribution in [-0.4, -0.2) is 43.7 Å². The number of urea groups is 1. The van der Waals surface area contributed by atoms with Crippen molar-refractivity contribution in [1.82, 2.24) is 10.2 Å². The molecule has 2 heterocycles. The first kappa shape index (κ1) is 18.4. The van der Waals surface area contributed by atoms with Crippen molar-refractivity contribution in [3.05, 3.63) is 29.3 Å². The minimum Gasteiger partial charge on any atom is -0.371 e. The number of carbonyl (C=O) groups excluding carboxylic acids is 1. The molecule has 138 valence electrons. The molecule has 1 unspecified atom stereocenters. The summed E-state index contributed by atoms with van der Waals surface area (Å²) in [5, 5.41) is 3.93. The van der Waals surface area contributed by atoms with E-state index in [0.717, 1.165) is 68.8 Å². The van der Waals surface area contributed by atoms with Gasteiger partial charge in [-0.2, -0.15) is 0 Å². The highest BCUT2D eigenvalue weighted by Crippen LogP contribution is 2.26. The number of anilines is 1. The van der Waals surface area contributed by atoms with Gasteiger partial charge in [-0.25, -0.2) is 4.79 Å². The van der Waals surface area contributed by atoms with Crippen molar-refractivity contribution >= 4 is 23.3 Å². The average Bonchev–Trinajstić information content (AvgIpc) is 3.09. The van der Waals surface area contributed by atoms with E-state index in [2.05, 4.69) is 36.2 Å². The minimum atomic E-state index is 0.118. The molecule has 2 aliphatic rings. The molecule has 0 aromatic heterocycles. The summed E-state index contributed by atoms with van der Waals surface area (Å²) in [6, 6.07) is 8.14. The van der Waals surface area contributed by atoms with Gasteiger partial charge in [0.05, 0.1) is 0 Å². The molecule has 2 saturated heterocycles. The van der Waals surface area contributed by atoms with Crippen LogP contribution in [0, 0.1) is 17.8 Å². The van der Waals surface area contributed by atoms with Crippen molar-refractivity contribution in [2.75, 3.05) is 37.6 Å². The summed E-state index contributed by atoms with van der Waals surface area (Å²) in [5.41, 5.74) is 1.22. The number of halogens is 1. The maximum atomic E-state index is 12.4. The Morgan fingerprint density at radius 1 is 1.16 bits per heavy atom. The number of nitrogens with zero attached hydrogens (tertiary/aromatic N) is 2. The van der Waals surface area contributed by atoms with Crippen LogP contribution >= 0.6 is 11.6 Å². The van der Waals surface area contributed by atoms with Crippen LogP contribution < -0.4 is 10.2 Å². The second-order valence-corrected chi connectivity index (χ2v) is 8.27. The second-order valence-electron chi connectivity index (χ2n) is 7.83. The van der Waals surface area contributed by atoms with Crippen LogP contribution in [-0.2, 0) is 0 Å². The maximum Gasteiger partial charge on any atom is 0.317 e. The maximum absolute atomic E-state index is 12.4. The summed E-state index contributed by atoms with van der Waals surface area (Å²) in [4.78, 5) is 16.8. The van der Waals surface area contributed by atoms with E-state index in [-0.39, 0.29) is 6.03 Å². The van der Waals surface area contributed by atoms with E-state index >= 15 is 0 Å². The Kier molecular flexibility index (Phi) is 6.10. The monoisotopic (exact) mass is 363 g/mol. The fraction of sp³-hybridized carbons (Fsp3) is 0.650. The highest BCUT2D eigenvalue weighted by Gasteiger charge is 2.26. The number of hydrogen-bond donors (Lipinski definition) is 1. The van der Waals surface area contributed by atoms with Gasteiger partial charge in [0.25, 0.3) is 0 Å². The predicted molar refractivity (Wildman–Crippen MR) is 104 cm³/mol. The van der Waals surface area contributed by atoms with Gasteiger partial charge >= 0.3 is 6.03 Å². The van der Waals surface area contributed by atoms with E-state index in [4.69, 9.17) is 11.6 Å². The minimum absolute atomic E-state index is 0.118. The van der Waals surface area contributed by atoms with Crippen molar-refractivity contribution in [3.63, 3.8) is 0 Å². The fourth-order valence-corrected chi connectivity index (χ4v) is 4.12. The molecular formula is C20H30ClN3O. The molecule has 2 fully saturated rings. The summed E-state index contributed by atoms with van der Waals surface area (Å²) >= 11 is 5.96. The van der Waals surface area contributed by atoms with Gasteiger partial charge in [0.2, 0.25) is 0 Å². The van der Waals surface area contributed by atoms with Crippen LogP contribution in [0.15, 0.2) is 24.3 Å². The molecule has 4 nitrogen and oxygen atoms in total. The molecule has 1 aromatic carbocycles. The zero-order valence-electron chi connectivity index (χ0n) is 15.4. The van der Waals surface area contributed by atoms with Crippen molar-refractivity contribution < 1.29 is 4.79 Å². The van der Waals surface area contributed by atoms with Gasteiger partial charge in [-0.1, -0.05) is 25.4 Å². The van der Waals surface area contributed by atoms with Crippen molar-refractivity contribution in [1.29, 1.82) is 0 Å². The molecule has 3 rings (SSSR count). The standard InChI is InChI=1S/C20H30ClN3O/c1-15(2)17-8-11-23(12-9-17)20(25)22-13-16-7-10-24(14-16)19-5-3-18(21)4-6-19/h3-6,15-17H,7-14H2,1-2H3,(H,22,25). The second kappa shape index (κ2) is 8.31. The molecule has 1 N–H and O–H groups in total. The predicted octanol–water partition coefficient (Wildman–Crippen LogP) is 4.24. The lowest BCUT2D eigenvalue weighted by Crippen LogP contribution is -2.46. The zero-order chi connectivity index (χ0) is 17.8. The van der Waals surface area contributed by atoms with E-state index in [1.165, 1.54) is 5.69 Å². The van der Waals surface area contributed by atoms with Gasteiger partial charge in [0, 0.05) is 43.4 Å². The normalized spacial score (nSPS) is 21.8. The lowest BCUT2D eigenvalue weighted by atomic mass is 9.87. The number of amides is 2. The molecule has 2 amide bonds. The highest BCUT2D eigenvalue weighted by molar-refractivity contribution is 6.30. The van der Waals surface area contributed by atoms with E-state index in [0.29, 0.717) is 5.92 Å². The number of likely N-dealkylation sites (tertiary alicyclic amines) is 1. The topological polar surface area (TPSA) is 35.6 Å². The first-order valence-corrected chi connectivity index (χ1v) is 9.94. The van der Waals surface area contributed by atoms with E-state index < -0.39 is 0 Å². The highest BCUT2D eigenvalue weighted by atomic mass is 35.5. The van der Waals surface area contributed by atoms with Gasteiger partial charge < -0.3 is 15.1 Å². The van der Waals surface area contributed by atoms with Crippen LogP contribution in [0.3, 0.4) is 0 Å². The molecule has 2 aliphatic heterocycles. The summed E-state index contributed by atoms with van der Waals surface area (Å²) in [6.45, 7) is 9.18. The largest absolute Gasteiger partial charge is 0.371 e. The van der Waals surface area contributed by atoms with Crippen molar-refractivity contribution in [3.8, 4) is 0 Å². The Morgan fingerprint density at radius 2 is 1.84 bits per heavy atom. The van der Waals surface area contributed by atoms with Gasteiger partial charge in [-0.3, -0.25) is 0 Å². The number of benzene rings is 1. The van der Waals surface area contributed by atoms with Gasteiger partial charge in [-0.05, 0) is 61.3 Å². The van der Waals surface area contributed by atoms with Crippen LogP contribution in [0.25, 0.3) is 0 Å². The Labute approximate surface area is 156 Å². The summed E-state index contributed by atoms with van der Waals surface area (Å²) in [7, 11) is 0. The Morgan fingerprint density at radius 3 is 2.48 bits per heavy atom. The molecule has 0 aliphatic carbocycles. The van der Waals surface area contributed by atoms with Gasteiger partial charge in [-0.15, -0.1) is 0 Å². The smallest absolute Gasteiger partial charge is 0.317 e. The molecule has 1 aromatic rings. The van der Waals surface area contributed by atoms with E-state index in [9.17, 15) is 4.79 Å². The van der Waals surface area contributed by atoms with Gasteiger partial charge in [0.1, 0.15) is 0 Å². The lowest BCUT2D eigenvalue weighted by Gasteiger charge is -2.34. The third kappa shape index (κ3) is 4.81. The number of piperidine rings is 1. The zero-order valence-corrected chi connectivity index (χ0v) is 16.1. The first-order valence-electron chi connectivity index (χ1n) is 9.56. The molecule has 0 bridgehead atoms. The molecule has 1 atom stereocenters. The van der Waals surface area contributed by atoms with E-state index in [1.807, 2.05) is 17.0 Å². The number of carbonyl (C=O) groups is 1. The Hall–Kier alpha value is -1.42. The summed E-state index contributed by atoms with van der Waals surface area (Å²) in [6.07, 6.45) is 3.40. The van der Waals surface area contributed by atoms with Crippen LogP contribution in [0.1, 0.15) is 33.1 Å².